The Morgan fingerprint density at radius 3 is 2.94 bits per heavy atom. The molecule has 1 atom stereocenters. The van der Waals surface area contributed by atoms with E-state index in [1.54, 1.807) is 19.2 Å². The maximum atomic E-state index is 11.2. The Kier molecular flexibility index (Phi) is 3.02. The number of halogens is 1. The van der Waals surface area contributed by atoms with Crippen molar-refractivity contribution in [3.63, 3.8) is 0 Å². The van der Waals surface area contributed by atoms with Crippen molar-refractivity contribution in [2.45, 2.75) is 6.04 Å². The number of carbonyl (C=O) groups excluding carboxylic acids is 1. The summed E-state index contributed by atoms with van der Waals surface area (Å²) < 4.78 is 11.3. The Labute approximate surface area is 101 Å². The van der Waals surface area contributed by atoms with Crippen LogP contribution in [0.1, 0.15) is 11.6 Å². The largest absolute Gasteiger partial charge is 0.454 e. The summed E-state index contributed by atoms with van der Waals surface area (Å²) in [5.41, 5.74) is 6.03. The van der Waals surface area contributed by atoms with E-state index in [0.29, 0.717) is 11.5 Å². The molecule has 3 N–H and O–H groups in total. The molecule has 0 aromatic heterocycles. The molecule has 0 bridgehead atoms. The Hall–Kier alpha value is -1.27. The van der Waals surface area contributed by atoms with E-state index in [2.05, 4.69) is 21.2 Å². The molecule has 2 rings (SSSR count). The third-order valence-corrected chi connectivity index (χ3v) is 2.95. The number of nitrogens with two attached hydrogens (primary N) is 1. The van der Waals surface area contributed by atoms with Crippen LogP contribution in [0.5, 0.6) is 11.5 Å². The summed E-state index contributed by atoms with van der Waals surface area (Å²) in [6.07, 6.45) is 0. The molecule has 1 amide bonds. The van der Waals surface area contributed by atoms with Crippen molar-refractivity contribution < 1.29 is 14.3 Å². The van der Waals surface area contributed by atoms with Crippen molar-refractivity contribution in [2.75, 3.05) is 13.8 Å². The van der Waals surface area contributed by atoms with E-state index in [-0.39, 0.29) is 6.79 Å². The number of rotatable bonds is 3. The summed E-state index contributed by atoms with van der Waals surface area (Å²) in [5, 5.41) is 2.84. The van der Waals surface area contributed by atoms with Gasteiger partial charge in [0, 0.05) is 0 Å². The van der Waals surface area contributed by atoms with Crippen LogP contribution >= 0.6 is 15.9 Å². The lowest BCUT2D eigenvalue weighted by molar-refractivity contribution is -0.120. The number of carbonyl (C=O) groups is 1. The van der Waals surface area contributed by atoms with Gasteiger partial charge in [0.05, 0.1) is 4.47 Å². The second-order valence-electron chi connectivity index (χ2n) is 3.36. The van der Waals surface area contributed by atoms with Gasteiger partial charge >= 0.3 is 0 Å². The van der Waals surface area contributed by atoms with Crippen molar-refractivity contribution in [1.29, 1.82) is 0 Å². The van der Waals surface area contributed by atoms with Crippen molar-refractivity contribution in [3.05, 3.63) is 22.2 Å². The molecule has 0 fully saturated rings. The van der Waals surface area contributed by atoms with Gasteiger partial charge in [-0.05, 0) is 40.7 Å². The maximum absolute atomic E-state index is 11.2. The van der Waals surface area contributed by atoms with E-state index in [1.807, 2.05) is 0 Å². The van der Waals surface area contributed by atoms with Crippen LogP contribution < -0.4 is 20.5 Å². The van der Waals surface area contributed by atoms with Crippen molar-refractivity contribution >= 4 is 21.8 Å². The number of hydrogen-bond acceptors (Lipinski definition) is 4. The fraction of sp³-hybridized carbons (Fsp3) is 0.300. The zero-order valence-electron chi connectivity index (χ0n) is 8.62. The Balaban J connectivity index is 2.43. The molecule has 6 heteroatoms. The first-order chi connectivity index (χ1) is 7.63. The number of fused-ring (bicyclic) bond motifs is 1. The summed E-state index contributed by atoms with van der Waals surface area (Å²) in [6, 6.07) is 3.00. The van der Waals surface area contributed by atoms with Gasteiger partial charge in [0.1, 0.15) is 6.04 Å². The highest BCUT2D eigenvalue weighted by molar-refractivity contribution is 9.10. The molecule has 0 aliphatic carbocycles. The van der Waals surface area contributed by atoms with Crippen LogP contribution in [0.15, 0.2) is 16.6 Å². The van der Waals surface area contributed by atoms with E-state index >= 15 is 0 Å². The van der Waals surface area contributed by atoms with E-state index in [1.165, 1.54) is 0 Å². The van der Waals surface area contributed by atoms with E-state index < -0.39 is 11.9 Å². The summed E-state index contributed by atoms with van der Waals surface area (Å²) in [4.78, 5) is 11.2. The second kappa shape index (κ2) is 4.31. The summed E-state index contributed by atoms with van der Waals surface area (Å²) in [6.45, 7) is 0.193. The minimum Gasteiger partial charge on any atom is -0.454 e. The molecule has 1 aliphatic rings. The number of primary amides is 1. The predicted molar refractivity (Wildman–Crippen MR) is 61.3 cm³/mol. The zero-order valence-corrected chi connectivity index (χ0v) is 10.2. The molecule has 1 aromatic rings. The molecule has 0 spiro atoms. The number of benzene rings is 1. The summed E-state index contributed by atoms with van der Waals surface area (Å²) in [7, 11) is 1.67. The molecule has 5 nitrogen and oxygen atoms in total. The van der Waals surface area contributed by atoms with Crippen LogP contribution in [-0.4, -0.2) is 19.7 Å². The highest BCUT2D eigenvalue weighted by Gasteiger charge is 2.23. The standard InChI is InChI=1S/C10H11BrN2O3/c1-13-8(10(12)14)5-2-6(11)9-7(3-5)15-4-16-9/h2-3,8,13H,4H2,1H3,(H2,12,14). The highest BCUT2D eigenvalue weighted by Crippen LogP contribution is 2.41. The molecule has 0 saturated carbocycles. The Morgan fingerprint density at radius 1 is 1.56 bits per heavy atom. The second-order valence-corrected chi connectivity index (χ2v) is 4.21. The maximum Gasteiger partial charge on any atom is 0.239 e. The molecule has 0 saturated heterocycles. The predicted octanol–water partition coefficient (Wildman–Crippen LogP) is 0.924. The monoisotopic (exact) mass is 286 g/mol. The van der Waals surface area contributed by atoms with Crippen LogP contribution in [0, 0.1) is 0 Å². The number of hydrogen-bond donors (Lipinski definition) is 2. The molecule has 1 aliphatic heterocycles. The lowest BCUT2D eigenvalue weighted by Gasteiger charge is -2.13. The molecule has 1 unspecified atom stereocenters. The minimum atomic E-state index is -0.536. The average Bonchev–Trinajstić information content (AvgIpc) is 2.66. The number of amides is 1. The lowest BCUT2D eigenvalue weighted by Crippen LogP contribution is -2.31. The fourth-order valence-electron chi connectivity index (χ4n) is 1.63. The first kappa shape index (κ1) is 11.2. The van der Waals surface area contributed by atoms with Crippen molar-refractivity contribution in [3.8, 4) is 11.5 Å². The smallest absolute Gasteiger partial charge is 0.239 e. The van der Waals surface area contributed by atoms with Gasteiger partial charge in [0.15, 0.2) is 11.5 Å². The van der Waals surface area contributed by atoms with Gasteiger partial charge in [-0.2, -0.15) is 0 Å². The zero-order chi connectivity index (χ0) is 11.7. The van der Waals surface area contributed by atoms with Gasteiger partial charge in [-0.25, -0.2) is 0 Å². The first-order valence-corrected chi connectivity index (χ1v) is 5.48. The topological polar surface area (TPSA) is 73.6 Å². The highest BCUT2D eigenvalue weighted by atomic mass is 79.9. The van der Waals surface area contributed by atoms with Crippen LogP contribution in [0.3, 0.4) is 0 Å². The molecule has 0 radical (unpaired) electrons. The Bertz CT molecular complexity index is 436. The SMILES string of the molecule is CNC(C(N)=O)c1cc(Br)c2c(c1)OCO2. The van der Waals surface area contributed by atoms with Crippen molar-refractivity contribution in [1.82, 2.24) is 5.32 Å². The normalized spacial score (nSPS) is 14.9. The van der Waals surface area contributed by atoms with Gasteiger partial charge in [-0.3, -0.25) is 4.79 Å². The first-order valence-electron chi connectivity index (χ1n) is 4.69. The van der Waals surface area contributed by atoms with Gasteiger partial charge < -0.3 is 20.5 Å². The Morgan fingerprint density at radius 2 is 2.31 bits per heavy atom. The number of nitrogens with one attached hydrogen (secondary N) is 1. The van der Waals surface area contributed by atoms with E-state index in [4.69, 9.17) is 15.2 Å². The van der Waals surface area contributed by atoms with E-state index in [9.17, 15) is 4.79 Å². The van der Waals surface area contributed by atoms with Gasteiger partial charge in [-0.1, -0.05) is 0 Å². The minimum absolute atomic E-state index is 0.193. The summed E-state index contributed by atoms with van der Waals surface area (Å²) >= 11 is 3.36. The molecular formula is C10H11BrN2O3. The third kappa shape index (κ3) is 1.85. The van der Waals surface area contributed by atoms with Crippen LogP contribution in [0.4, 0.5) is 0 Å². The summed E-state index contributed by atoms with van der Waals surface area (Å²) in [5.74, 6) is 0.835. The van der Waals surface area contributed by atoms with Crippen LogP contribution in [-0.2, 0) is 4.79 Å². The molecule has 1 heterocycles. The number of ether oxygens (including phenoxy) is 2. The van der Waals surface area contributed by atoms with Gasteiger partial charge in [0.2, 0.25) is 12.7 Å². The molecule has 86 valence electrons. The van der Waals surface area contributed by atoms with Gasteiger partial charge in [-0.15, -0.1) is 0 Å². The average molecular weight is 287 g/mol. The number of likely N-dealkylation sites (N-methyl/N-ethyl adjacent to an activating group) is 1. The fourth-order valence-corrected chi connectivity index (χ4v) is 2.20. The quantitative estimate of drug-likeness (QED) is 0.867. The van der Waals surface area contributed by atoms with Crippen molar-refractivity contribution in [2.24, 2.45) is 5.73 Å². The lowest BCUT2D eigenvalue weighted by atomic mass is 10.1. The van der Waals surface area contributed by atoms with Crippen LogP contribution in [0.25, 0.3) is 0 Å². The molecule has 16 heavy (non-hydrogen) atoms. The van der Waals surface area contributed by atoms with E-state index in [0.717, 1.165) is 10.0 Å². The molecular weight excluding hydrogens is 276 g/mol. The van der Waals surface area contributed by atoms with Crippen LogP contribution in [0.2, 0.25) is 0 Å². The molecule has 1 aromatic carbocycles. The third-order valence-electron chi connectivity index (χ3n) is 2.36. The van der Waals surface area contributed by atoms with Gasteiger partial charge in [0.25, 0.3) is 0 Å².